The number of aryl methyl sites for hydroxylation is 1. The van der Waals surface area contributed by atoms with Crippen LogP contribution in [0.15, 0.2) is 10.3 Å². The van der Waals surface area contributed by atoms with Gasteiger partial charge in [0.1, 0.15) is 5.82 Å². The van der Waals surface area contributed by atoms with E-state index in [4.69, 9.17) is 4.74 Å². The second kappa shape index (κ2) is 6.32. The highest BCUT2D eigenvalue weighted by atomic mass is 32.2. The number of H-pyrrole nitrogens is 1. The number of aromatic nitrogens is 6. The van der Waals surface area contributed by atoms with Gasteiger partial charge in [0.15, 0.2) is 0 Å². The van der Waals surface area contributed by atoms with Crippen LogP contribution < -0.4 is 10.1 Å². The van der Waals surface area contributed by atoms with Crippen molar-refractivity contribution in [2.45, 2.75) is 30.6 Å². The number of nitrogens with one attached hydrogen (secondary N) is 2. The van der Waals surface area contributed by atoms with Gasteiger partial charge in [-0.15, -0.1) is 5.10 Å². The molecule has 8 nitrogen and oxygen atoms in total. The predicted molar refractivity (Wildman–Crippen MR) is 70.4 cm³/mol. The molecular formula is C10H15N7OS. The Bertz CT molecular complexity index is 544. The SMILES string of the molecule is CCCOc1nc(NC)nc(Sc2n[nH]c(C)n2)n1. The summed E-state index contributed by atoms with van der Waals surface area (Å²) >= 11 is 1.25. The van der Waals surface area contributed by atoms with Crippen molar-refractivity contribution in [2.24, 2.45) is 0 Å². The highest BCUT2D eigenvalue weighted by Crippen LogP contribution is 2.23. The predicted octanol–water partition coefficient (Wildman–Crippen LogP) is 1.28. The van der Waals surface area contributed by atoms with Gasteiger partial charge in [-0.2, -0.15) is 15.0 Å². The Morgan fingerprint density at radius 1 is 1.21 bits per heavy atom. The molecule has 2 heterocycles. The molecule has 0 saturated heterocycles. The molecule has 9 heteroatoms. The quantitative estimate of drug-likeness (QED) is 0.816. The van der Waals surface area contributed by atoms with Crippen LogP contribution >= 0.6 is 11.8 Å². The topological polar surface area (TPSA) is 102 Å². The number of aromatic amines is 1. The molecule has 2 rings (SSSR count). The summed E-state index contributed by atoms with van der Waals surface area (Å²) in [5.74, 6) is 1.20. The average Bonchev–Trinajstić information content (AvgIpc) is 2.81. The Kier molecular flexibility index (Phi) is 4.50. The van der Waals surface area contributed by atoms with Crippen LogP contribution in [-0.2, 0) is 0 Å². The van der Waals surface area contributed by atoms with E-state index in [9.17, 15) is 0 Å². The van der Waals surface area contributed by atoms with Gasteiger partial charge in [0, 0.05) is 7.05 Å². The van der Waals surface area contributed by atoms with Crippen molar-refractivity contribution in [1.29, 1.82) is 0 Å². The smallest absolute Gasteiger partial charge is 0.322 e. The van der Waals surface area contributed by atoms with Crippen LogP contribution in [0.3, 0.4) is 0 Å². The maximum atomic E-state index is 5.42. The van der Waals surface area contributed by atoms with Crippen molar-refractivity contribution in [3.8, 4) is 6.01 Å². The second-order valence-corrected chi connectivity index (χ2v) is 4.56. The van der Waals surface area contributed by atoms with E-state index in [0.29, 0.717) is 28.9 Å². The van der Waals surface area contributed by atoms with Gasteiger partial charge in [-0.25, -0.2) is 4.98 Å². The van der Waals surface area contributed by atoms with Gasteiger partial charge in [-0.05, 0) is 25.1 Å². The minimum Gasteiger partial charge on any atom is -0.463 e. The molecular weight excluding hydrogens is 266 g/mol. The third-order valence-corrected chi connectivity index (χ3v) is 2.74. The van der Waals surface area contributed by atoms with Crippen LogP contribution in [0, 0.1) is 6.92 Å². The Morgan fingerprint density at radius 3 is 2.68 bits per heavy atom. The van der Waals surface area contributed by atoms with E-state index in [0.717, 1.165) is 12.2 Å². The lowest BCUT2D eigenvalue weighted by Gasteiger charge is -2.05. The van der Waals surface area contributed by atoms with E-state index in [1.807, 2.05) is 13.8 Å². The molecule has 2 aromatic heterocycles. The molecule has 0 unspecified atom stereocenters. The summed E-state index contributed by atoms with van der Waals surface area (Å²) in [5.41, 5.74) is 0. The molecule has 19 heavy (non-hydrogen) atoms. The van der Waals surface area contributed by atoms with Crippen molar-refractivity contribution in [1.82, 2.24) is 30.1 Å². The number of rotatable bonds is 6. The van der Waals surface area contributed by atoms with E-state index in [-0.39, 0.29) is 0 Å². The summed E-state index contributed by atoms with van der Waals surface area (Å²) in [6.45, 7) is 4.42. The molecule has 0 aliphatic carbocycles. The fourth-order valence-corrected chi connectivity index (χ4v) is 1.90. The van der Waals surface area contributed by atoms with Crippen LogP contribution in [0.1, 0.15) is 19.2 Å². The van der Waals surface area contributed by atoms with Crippen molar-refractivity contribution >= 4 is 17.7 Å². The first-order valence-corrected chi connectivity index (χ1v) is 6.66. The van der Waals surface area contributed by atoms with Gasteiger partial charge in [-0.1, -0.05) is 6.92 Å². The minimum absolute atomic E-state index is 0.302. The minimum atomic E-state index is 0.302. The molecule has 0 aromatic carbocycles. The maximum absolute atomic E-state index is 5.42. The highest BCUT2D eigenvalue weighted by molar-refractivity contribution is 7.99. The van der Waals surface area contributed by atoms with E-state index in [2.05, 4.69) is 35.5 Å². The number of nitrogens with zero attached hydrogens (tertiary/aromatic N) is 5. The van der Waals surface area contributed by atoms with E-state index in [1.165, 1.54) is 11.8 Å². The Labute approximate surface area is 114 Å². The normalized spacial score (nSPS) is 10.5. The lowest BCUT2D eigenvalue weighted by atomic mass is 10.5. The number of hydrogen-bond acceptors (Lipinski definition) is 8. The highest BCUT2D eigenvalue weighted by Gasteiger charge is 2.10. The average molecular weight is 281 g/mol. The first-order valence-electron chi connectivity index (χ1n) is 5.84. The maximum Gasteiger partial charge on any atom is 0.322 e. The van der Waals surface area contributed by atoms with Gasteiger partial charge in [0.05, 0.1) is 6.61 Å². The van der Waals surface area contributed by atoms with E-state index < -0.39 is 0 Å². The standard InChI is InChI=1S/C10H15N7OS/c1-4-5-18-8-13-7(11-3)14-9(15-8)19-10-12-6(2)16-17-10/h4-5H2,1-3H3,(H,12,16,17)(H,11,13,14,15). The summed E-state index contributed by atoms with van der Waals surface area (Å²) in [7, 11) is 1.74. The monoisotopic (exact) mass is 281 g/mol. The molecule has 0 aliphatic rings. The summed E-state index contributed by atoms with van der Waals surface area (Å²) in [6.07, 6.45) is 0.892. The van der Waals surface area contributed by atoms with Crippen molar-refractivity contribution < 1.29 is 4.74 Å². The Hall–Kier alpha value is -1.90. The fourth-order valence-electron chi connectivity index (χ4n) is 1.20. The molecule has 0 amide bonds. The van der Waals surface area contributed by atoms with Crippen molar-refractivity contribution in [3.05, 3.63) is 5.82 Å². The zero-order chi connectivity index (χ0) is 13.7. The van der Waals surface area contributed by atoms with Crippen molar-refractivity contribution in [3.63, 3.8) is 0 Å². The van der Waals surface area contributed by atoms with E-state index in [1.54, 1.807) is 7.05 Å². The molecule has 0 fully saturated rings. The van der Waals surface area contributed by atoms with Gasteiger partial charge in [-0.3, -0.25) is 5.10 Å². The number of anilines is 1. The Morgan fingerprint density at radius 2 is 2.05 bits per heavy atom. The molecule has 0 atom stereocenters. The van der Waals surface area contributed by atoms with Gasteiger partial charge >= 0.3 is 6.01 Å². The molecule has 2 aromatic rings. The largest absolute Gasteiger partial charge is 0.463 e. The first-order chi connectivity index (χ1) is 9.21. The molecule has 0 radical (unpaired) electrons. The molecule has 0 bridgehead atoms. The van der Waals surface area contributed by atoms with E-state index >= 15 is 0 Å². The summed E-state index contributed by atoms with van der Waals surface area (Å²) in [5, 5.41) is 10.7. The summed E-state index contributed by atoms with van der Waals surface area (Å²) in [6, 6.07) is 0.302. The zero-order valence-corrected chi connectivity index (χ0v) is 11.8. The van der Waals surface area contributed by atoms with Crippen molar-refractivity contribution in [2.75, 3.05) is 19.0 Å². The van der Waals surface area contributed by atoms with Gasteiger partial charge in [0.2, 0.25) is 16.3 Å². The van der Waals surface area contributed by atoms with Crippen LogP contribution in [0.2, 0.25) is 0 Å². The van der Waals surface area contributed by atoms with Crippen LogP contribution in [0.25, 0.3) is 0 Å². The molecule has 102 valence electrons. The van der Waals surface area contributed by atoms with Gasteiger partial charge in [0.25, 0.3) is 0 Å². The fraction of sp³-hybridized carbons (Fsp3) is 0.500. The Balaban J connectivity index is 2.18. The third kappa shape index (κ3) is 3.78. The lowest BCUT2D eigenvalue weighted by molar-refractivity contribution is 0.288. The van der Waals surface area contributed by atoms with Crippen LogP contribution in [0.4, 0.5) is 5.95 Å². The summed E-state index contributed by atoms with van der Waals surface area (Å²) in [4.78, 5) is 16.7. The number of ether oxygens (including phenoxy) is 1. The molecule has 0 spiro atoms. The first kappa shape index (κ1) is 13.5. The van der Waals surface area contributed by atoms with Gasteiger partial charge < -0.3 is 10.1 Å². The number of hydrogen-bond donors (Lipinski definition) is 2. The lowest BCUT2D eigenvalue weighted by Crippen LogP contribution is -2.05. The molecule has 0 saturated carbocycles. The van der Waals surface area contributed by atoms with Crippen LogP contribution in [0.5, 0.6) is 6.01 Å². The molecule has 2 N–H and O–H groups in total. The third-order valence-electron chi connectivity index (χ3n) is 2.01. The van der Waals surface area contributed by atoms with Crippen LogP contribution in [-0.4, -0.2) is 43.8 Å². The second-order valence-electron chi connectivity index (χ2n) is 3.63. The molecule has 0 aliphatic heterocycles. The zero-order valence-electron chi connectivity index (χ0n) is 11.0. The summed E-state index contributed by atoms with van der Waals surface area (Å²) < 4.78 is 5.42.